The molecular weight excluding hydrogens is 310 g/mol. The quantitative estimate of drug-likeness (QED) is 0.761. The number of anilines is 1. The number of nitrogens with zero attached hydrogens (tertiary/aromatic N) is 3. The predicted octanol–water partition coefficient (Wildman–Crippen LogP) is -0.859. The van der Waals surface area contributed by atoms with Crippen LogP contribution in [0.5, 0.6) is 0 Å². The van der Waals surface area contributed by atoms with Gasteiger partial charge in [-0.05, 0) is 12.0 Å². The molecule has 0 bridgehead atoms. The van der Waals surface area contributed by atoms with Gasteiger partial charge in [0.05, 0.1) is 0 Å². The number of hydrogen-bond donors (Lipinski definition) is 2. The fourth-order valence-electron chi connectivity index (χ4n) is 2.97. The SMILES string of the molecule is Cn1c(N2CC[C@@H](NCc3ccc(=O)[nH]c3)C2)cc(=O)n(C)c1=O. The van der Waals surface area contributed by atoms with Crippen LogP contribution in [-0.4, -0.2) is 33.2 Å². The van der Waals surface area contributed by atoms with Crippen LogP contribution in [0.25, 0.3) is 0 Å². The highest BCUT2D eigenvalue weighted by atomic mass is 16.2. The van der Waals surface area contributed by atoms with Crippen molar-refractivity contribution in [3.63, 3.8) is 0 Å². The van der Waals surface area contributed by atoms with Crippen molar-refractivity contribution in [3.05, 3.63) is 61.2 Å². The molecule has 8 nitrogen and oxygen atoms in total. The lowest BCUT2D eigenvalue weighted by molar-refractivity contribution is 0.549. The molecule has 1 saturated heterocycles. The lowest BCUT2D eigenvalue weighted by atomic mass is 10.2. The molecule has 2 N–H and O–H groups in total. The van der Waals surface area contributed by atoms with Gasteiger partial charge < -0.3 is 15.2 Å². The topological polar surface area (TPSA) is 92.1 Å². The van der Waals surface area contributed by atoms with E-state index in [1.807, 2.05) is 4.90 Å². The molecule has 8 heteroatoms. The highest BCUT2D eigenvalue weighted by Gasteiger charge is 2.24. The summed E-state index contributed by atoms with van der Waals surface area (Å²) in [4.78, 5) is 39.7. The molecule has 0 saturated carbocycles. The smallest absolute Gasteiger partial charge is 0.332 e. The lowest BCUT2D eigenvalue weighted by Gasteiger charge is -2.21. The van der Waals surface area contributed by atoms with E-state index >= 15 is 0 Å². The van der Waals surface area contributed by atoms with E-state index in [1.165, 1.54) is 23.7 Å². The molecule has 128 valence electrons. The summed E-state index contributed by atoms with van der Waals surface area (Å²) in [5.41, 5.74) is 0.284. The molecule has 3 rings (SSSR count). The minimum absolute atomic E-state index is 0.114. The molecule has 0 radical (unpaired) electrons. The van der Waals surface area contributed by atoms with E-state index in [-0.39, 0.29) is 22.9 Å². The maximum atomic E-state index is 12.0. The summed E-state index contributed by atoms with van der Waals surface area (Å²) in [7, 11) is 3.16. The lowest BCUT2D eigenvalue weighted by Crippen LogP contribution is -2.40. The first kappa shape index (κ1) is 16.3. The third kappa shape index (κ3) is 3.18. The Hall–Kier alpha value is -2.61. The molecule has 24 heavy (non-hydrogen) atoms. The Balaban J connectivity index is 1.67. The first-order chi connectivity index (χ1) is 11.5. The molecule has 2 aromatic heterocycles. The number of pyridine rings is 1. The monoisotopic (exact) mass is 331 g/mol. The Morgan fingerprint density at radius 3 is 2.71 bits per heavy atom. The molecule has 0 aromatic carbocycles. The first-order valence-electron chi connectivity index (χ1n) is 7.88. The van der Waals surface area contributed by atoms with Gasteiger partial charge in [-0.2, -0.15) is 0 Å². The average Bonchev–Trinajstić information content (AvgIpc) is 3.04. The van der Waals surface area contributed by atoms with E-state index in [0.29, 0.717) is 12.4 Å². The number of aromatic nitrogens is 3. The second kappa shape index (κ2) is 6.48. The van der Waals surface area contributed by atoms with E-state index in [2.05, 4.69) is 10.3 Å². The summed E-state index contributed by atoms with van der Waals surface area (Å²) >= 11 is 0. The molecule has 0 unspecified atom stereocenters. The van der Waals surface area contributed by atoms with Gasteiger partial charge in [0.25, 0.3) is 5.56 Å². The Morgan fingerprint density at radius 2 is 2.00 bits per heavy atom. The standard InChI is InChI=1S/C16H21N5O3/c1-19-14(7-15(23)20(2)16(19)24)21-6-5-12(10-21)17-8-11-3-4-13(22)18-9-11/h3-4,7,9,12,17H,5-6,8,10H2,1-2H3,(H,18,22)/t12-/m1/s1. The number of hydrogen-bond acceptors (Lipinski definition) is 5. The molecule has 1 aliphatic heterocycles. The van der Waals surface area contributed by atoms with Gasteiger partial charge in [-0.3, -0.25) is 18.7 Å². The molecule has 3 heterocycles. The second-order valence-electron chi connectivity index (χ2n) is 6.12. The Morgan fingerprint density at radius 1 is 1.21 bits per heavy atom. The molecular formula is C16H21N5O3. The van der Waals surface area contributed by atoms with Crippen LogP contribution in [0.2, 0.25) is 0 Å². The van der Waals surface area contributed by atoms with Crippen molar-refractivity contribution in [2.75, 3.05) is 18.0 Å². The fourth-order valence-corrected chi connectivity index (χ4v) is 2.97. The van der Waals surface area contributed by atoms with E-state index in [9.17, 15) is 14.4 Å². The Labute approximate surface area is 138 Å². The zero-order valence-corrected chi connectivity index (χ0v) is 13.8. The van der Waals surface area contributed by atoms with Crippen LogP contribution in [0.3, 0.4) is 0 Å². The van der Waals surface area contributed by atoms with Crippen molar-refractivity contribution >= 4 is 5.82 Å². The van der Waals surface area contributed by atoms with Crippen LogP contribution in [0.1, 0.15) is 12.0 Å². The zero-order valence-electron chi connectivity index (χ0n) is 13.8. The molecule has 1 fully saturated rings. The highest BCUT2D eigenvalue weighted by molar-refractivity contribution is 5.40. The highest BCUT2D eigenvalue weighted by Crippen LogP contribution is 2.17. The van der Waals surface area contributed by atoms with E-state index in [4.69, 9.17) is 0 Å². The predicted molar refractivity (Wildman–Crippen MR) is 91.4 cm³/mol. The average molecular weight is 331 g/mol. The molecule has 1 aliphatic rings. The number of rotatable bonds is 4. The first-order valence-corrected chi connectivity index (χ1v) is 7.88. The van der Waals surface area contributed by atoms with Gasteiger partial charge in [-0.15, -0.1) is 0 Å². The van der Waals surface area contributed by atoms with Crippen molar-refractivity contribution in [2.24, 2.45) is 14.1 Å². The van der Waals surface area contributed by atoms with Crippen LogP contribution >= 0.6 is 0 Å². The molecule has 0 spiro atoms. The van der Waals surface area contributed by atoms with Gasteiger partial charge in [0.15, 0.2) is 0 Å². The molecule has 1 atom stereocenters. The van der Waals surface area contributed by atoms with Crippen LogP contribution in [-0.2, 0) is 20.6 Å². The summed E-state index contributed by atoms with van der Waals surface area (Å²) in [6.45, 7) is 2.16. The third-order valence-corrected chi connectivity index (χ3v) is 4.46. The van der Waals surface area contributed by atoms with Crippen molar-refractivity contribution in [1.82, 2.24) is 19.4 Å². The number of H-pyrrole nitrogens is 1. The van der Waals surface area contributed by atoms with Gasteiger partial charge in [-0.1, -0.05) is 6.07 Å². The van der Waals surface area contributed by atoms with Gasteiger partial charge in [0, 0.05) is 58.1 Å². The minimum atomic E-state index is -0.317. The zero-order chi connectivity index (χ0) is 17.3. The summed E-state index contributed by atoms with van der Waals surface area (Å²) in [6, 6.07) is 5.07. The van der Waals surface area contributed by atoms with E-state index in [1.54, 1.807) is 19.3 Å². The van der Waals surface area contributed by atoms with Crippen molar-refractivity contribution in [2.45, 2.75) is 19.0 Å². The summed E-state index contributed by atoms with van der Waals surface area (Å²) in [6.07, 6.45) is 2.62. The Bertz CT molecular complexity index is 891. The van der Waals surface area contributed by atoms with Crippen LogP contribution < -0.4 is 27.0 Å². The second-order valence-corrected chi connectivity index (χ2v) is 6.12. The summed E-state index contributed by atoms with van der Waals surface area (Å²) in [5.74, 6) is 0.649. The van der Waals surface area contributed by atoms with Gasteiger partial charge in [0.1, 0.15) is 5.82 Å². The van der Waals surface area contributed by atoms with Crippen LogP contribution in [0, 0.1) is 0 Å². The van der Waals surface area contributed by atoms with E-state index < -0.39 is 0 Å². The third-order valence-electron chi connectivity index (χ3n) is 4.46. The maximum absolute atomic E-state index is 12.0. The number of nitrogens with one attached hydrogen (secondary N) is 2. The Kier molecular flexibility index (Phi) is 4.39. The fraction of sp³-hybridized carbons (Fsp3) is 0.438. The van der Waals surface area contributed by atoms with Crippen molar-refractivity contribution < 1.29 is 0 Å². The number of aromatic amines is 1. The minimum Gasteiger partial charge on any atom is -0.356 e. The summed E-state index contributed by atoms with van der Waals surface area (Å²) in [5, 5.41) is 3.44. The van der Waals surface area contributed by atoms with Crippen LogP contribution in [0.15, 0.2) is 38.8 Å². The normalized spacial score (nSPS) is 17.4. The van der Waals surface area contributed by atoms with Crippen molar-refractivity contribution in [1.29, 1.82) is 0 Å². The molecule has 0 amide bonds. The van der Waals surface area contributed by atoms with Crippen LogP contribution in [0.4, 0.5) is 5.82 Å². The van der Waals surface area contributed by atoms with E-state index in [0.717, 1.165) is 29.6 Å². The van der Waals surface area contributed by atoms with Gasteiger partial charge in [0.2, 0.25) is 5.56 Å². The summed E-state index contributed by atoms with van der Waals surface area (Å²) < 4.78 is 2.61. The van der Waals surface area contributed by atoms with Gasteiger partial charge in [-0.25, -0.2) is 4.79 Å². The molecule has 2 aromatic rings. The largest absolute Gasteiger partial charge is 0.356 e. The van der Waals surface area contributed by atoms with Crippen molar-refractivity contribution in [3.8, 4) is 0 Å². The maximum Gasteiger partial charge on any atom is 0.332 e. The van der Waals surface area contributed by atoms with Gasteiger partial charge >= 0.3 is 5.69 Å². The molecule has 0 aliphatic carbocycles.